The molecule has 9 rings (SSSR count). The molecule has 0 aromatic heterocycles. The first-order chi connectivity index (χ1) is 21.7. The lowest BCUT2D eigenvalue weighted by molar-refractivity contribution is -0.680. The first-order valence-electron chi connectivity index (χ1n) is 17.9. The van der Waals surface area contributed by atoms with E-state index in [1.54, 1.807) is 0 Å². The van der Waals surface area contributed by atoms with E-state index in [-0.39, 0.29) is 5.91 Å². The van der Waals surface area contributed by atoms with Crippen molar-refractivity contribution in [3.8, 4) is 5.75 Å². The monoisotopic (exact) mass is 623 g/mol. The Kier molecular flexibility index (Phi) is 7.98. The van der Waals surface area contributed by atoms with Crippen LogP contribution in [0.3, 0.4) is 0 Å². The molecule has 8 aliphatic rings. The molecule has 3 heterocycles. The summed E-state index contributed by atoms with van der Waals surface area (Å²) in [6.07, 6.45) is 11.5. The number of piperidine rings is 1. The third-order valence-electron chi connectivity index (χ3n) is 12.7. The van der Waals surface area contributed by atoms with Crippen molar-refractivity contribution in [3.63, 3.8) is 0 Å². The highest BCUT2D eigenvalue weighted by Crippen LogP contribution is 2.62. The quantitative estimate of drug-likeness (QED) is 0.399. The average molecular weight is 624 g/mol. The molecule has 9 nitrogen and oxygen atoms in total. The lowest BCUT2D eigenvalue weighted by Gasteiger charge is -2.60. The Balaban J connectivity index is 0.813. The fraction of sp³-hybridized carbons (Fsp3) is 0.806. The van der Waals surface area contributed by atoms with Gasteiger partial charge < -0.3 is 14.5 Å². The Morgan fingerprint density at radius 1 is 0.778 bits per heavy atom. The molecule has 5 aliphatic carbocycles. The Morgan fingerprint density at radius 2 is 1.36 bits per heavy atom. The van der Waals surface area contributed by atoms with E-state index in [0.29, 0.717) is 23.8 Å². The van der Waals surface area contributed by atoms with Gasteiger partial charge in [0.05, 0.1) is 0 Å². The summed E-state index contributed by atoms with van der Waals surface area (Å²) in [4.78, 5) is 45.3. The molecule has 9 heteroatoms. The number of piperazine rings is 1. The fourth-order valence-electron chi connectivity index (χ4n) is 10.1. The molecule has 1 aromatic rings. The number of amides is 1. The number of rotatable bonds is 5. The number of benzene rings is 1. The molecule has 0 radical (unpaired) electrons. The highest BCUT2D eigenvalue weighted by molar-refractivity contribution is 5.85. The van der Waals surface area contributed by atoms with Crippen LogP contribution in [0.5, 0.6) is 5.75 Å². The number of carbonyl (C=O) groups is 1. The second-order valence-corrected chi connectivity index (χ2v) is 16.1. The van der Waals surface area contributed by atoms with E-state index >= 15 is 0 Å². The Morgan fingerprint density at radius 3 is 1.93 bits per heavy atom. The molecular weight excluding hydrogens is 570 g/mol. The third kappa shape index (κ3) is 5.73. The van der Waals surface area contributed by atoms with Gasteiger partial charge in [-0.15, -0.1) is 0 Å². The standard InChI is InChI=1S/C36H53N3O6/c1-34(2,33(40)39-14-10-31(11-15-39)38-18-16-37(3)17-19-38)41-32-6-4-27(5-7-32)28-8-12-35(13-9-28)42-44-36(45-43-35)29-21-25-20-26(23-29)24-30(36)22-25/h4-7,25-26,28-31H,8-24H2,1-3H3. The van der Waals surface area contributed by atoms with Crippen molar-refractivity contribution in [2.24, 2.45) is 23.7 Å². The van der Waals surface area contributed by atoms with Crippen molar-refractivity contribution in [1.82, 2.24) is 14.7 Å². The highest BCUT2D eigenvalue weighted by Gasteiger charge is 2.64. The summed E-state index contributed by atoms with van der Waals surface area (Å²) in [7, 11) is 2.20. The summed E-state index contributed by atoms with van der Waals surface area (Å²) in [6.45, 7) is 9.94. The first-order valence-corrected chi connectivity index (χ1v) is 17.9. The normalized spacial score (nSPS) is 39.5. The predicted molar refractivity (Wildman–Crippen MR) is 168 cm³/mol. The minimum Gasteiger partial charge on any atom is -0.478 e. The molecule has 248 valence electrons. The van der Waals surface area contributed by atoms with E-state index in [1.165, 1.54) is 37.7 Å². The van der Waals surface area contributed by atoms with Crippen LogP contribution >= 0.6 is 0 Å². The molecule has 1 amide bonds. The number of likely N-dealkylation sites (N-methyl/N-ethyl adjacent to an activating group) is 1. The van der Waals surface area contributed by atoms with Crippen LogP contribution < -0.4 is 4.74 Å². The molecule has 3 saturated heterocycles. The lowest BCUT2D eigenvalue weighted by Crippen LogP contribution is -2.64. The largest absolute Gasteiger partial charge is 0.478 e. The van der Waals surface area contributed by atoms with Crippen LogP contribution in [0.4, 0.5) is 0 Å². The third-order valence-corrected chi connectivity index (χ3v) is 12.7. The molecule has 5 saturated carbocycles. The van der Waals surface area contributed by atoms with Gasteiger partial charge in [0.1, 0.15) is 5.75 Å². The van der Waals surface area contributed by atoms with Gasteiger partial charge in [-0.05, 0) is 114 Å². The van der Waals surface area contributed by atoms with Crippen molar-refractivity contribution in [2.75, 3.05) is 46.3 Å². The van der Waals surface area contributed by atoms with Crippen LogP contribution in [0.25, 0.3) is 0 Å². The van der Waals surface area contributed by atoms with Gasteiger partial charge in [0.25, 0.3) is 5.91 Å². The molecule has 0 atom stereocenters. The summed E-state index contributed by atoms with van der Waals surface area (Å²) >= 11 is 0. The molecule has 0 unspecified atom stereocenters. The fourth-order valence-corrected chi connectivity index (χ4v) is 10.1. The predicted octanol–water partition coefficient (Wildman–Crippen LogP) is 5.50. The van der Waals surface area contributed by atoms with E-state index in [0.717, 1.165) is 95.4 Å². The lowest BCUT2D eigenvalue weighted by atomic mass is 9.53. The van der Waals surface area contributed by atoms with Crippen molar-refractivity contribution in [3.05, 3.63) is 29.8 Å². The minimum atomic E-state index is -0.913. The number of hydrogen-bond acceptors (Lipinski definition) is 8. The molecule has 3 aliphatic heterocycles. The summed E-state index contributed by atoms with van der Waals surface area (Å²) in [5.74, 6) is 2.16. The van der Waals surface area contributed by atoms with Crippen LogP contribution in [0.1, 0.15) is 96.0 Å². The van der Waals surface area contributed by atoms with E-state index in [2.05, 4.69) is 29.0 Å². The Hall–Kier alpha value is -1.75. The summed E-state index contributed by atoms with van der Waals surface area (Å²) < 4.78 is 6.32. The van der Waals surface area contributed by atoms with Gasteiger partial charge in [-0.2, -0.15) is 19.6 Å². The molecule has 1 aromatic carbocycles. The average Bonchev–Trinajstić information content (AvgIpc) is 3.05. The second-order valence-electron chi connectivity index (χ2n) is 16.1. The summed E-state index contributed by atoms with van der Waals surface area (Å²) in [5.41, 5.74) is 0.367. The van der Waals surface area contributed by atoms with Gasteiger partial charge in [0, 0.05) is 70.0 Å². The molecule has 8 fully saturated rings. The van der Waals surface area contributed by atoms with Crippen molar-refractivity contribution < 1.29 is 29.1 Å². The van der Waals surface area contributed by atoms with Crippen molar-refractivity contribution in [1.29, 1.82) is 0 Å². The zero-order valence-corrected chi connectivity index (χ0v) is 27.6. The molecular formula is C36H53N3O6. The Bertz CT molecular complexity index is 1170. The zero-order valence-electron chi connectivity index (χ0n) is 27.6. The topological polar surface area (TPSA) is 72.9 Å². The van der Waals surface area contributed by atoms with Gasteiger partial charge in [0.15, 0.2) is 5.60 Å². The number of carbonyl (C=O) groups excluding carboxylic acids is 1. The van der Waals surface area contributed by atoms with Crippen LogP contribution in [-0.2, 0) is 24.3 Å². The Labute approximate surface area is 268 Å². The summed E-state index contributed by atoms with van der Waals surface area (Å²) in [5, 5.41) is 0. The van der Waals surface area contributed by atoms with Crippen molar-refractivity contribution in [2.45, 2.75) is 114 Å². The van der Waals surface area contributed by atoms with Crippen molar-refractivity contribution >= 4 is 5.91 Å². The van der Waals surface area contributed by atoms with Gasteiger partial charge in [-0.1, -0.05) is 12.1 Å². The van der Waals surface area contributed by atoms with Crippen LogP contribution in [-0.4, -0.2) is 90.1 Å². The van der Waals surface area contributed by atoms with Crippen LogP contribution in [0, 0.1) is 23.7 Å². The molecule has 45 heavy (non-hydrogen) atoms. The molecule has 2 spiro atoms. The maximum atomic E-state index is 13.5. The first kappa shape index (κ1) is 30.6. The van der Waals surface area contributed by atoms with E-state index in [4.69, 9.17) is 24.3 Å². The van der Waals surface area contributed by atoms with Gasteiger partial charge >= 0.3 is 0 Å². The van der Waals surface area contributed by atoms with Crippen LogP contribution in [0.2, 0.25) is 0 Å². The molecule has 4 bridgehead atoms. The SMILES string of the molecule is CN1CCN(C2CCN(C(=O)C(C)(C)Oc3ccc(C4CCC5(CC4)OOC4(OO5)C5CC6CC(C5)CC4C6)cc3)CC2)CC1. The smallest absolute Gasteiger partial charge is 0.266 e. The van der Waals surface area contributed by atoms with E-state index in [9.17, 15) is 4.79 Å². The van der Waals surface area contributed by atoms with Gasteiger partial charge in [-0.25, -0.2) is 0 Å². The molecule has 0 N–H and O–H groups in total. The number of likely N-dealkylation sites (tertiary alicyclic amines) is 1. The zero-order chi connectivity index (χ0) is 30.8. The second kappa shape index (κ2) is 11.7. The number of ether oxygens (including phenoxy) is 1. The maximum absolute atomic E-state index is 13.5. The number of hydrogen-bond donors (Lipinski definition) is 0. The van der Waals surface area contributed by atoms with Gasteiger partial charge in [-0.3, -0.25) is 9.69 Å². The summed E-state index contributed by atoms with van der Waals surface area (Å²) in [6, 6.07) is 8.93. The maximum Gasteiger partial charge on any atom is 0.266 e. The highest BCUT2D eigenvalue weighted by atomic mass is 17.4. The van der Waals surface area contributed by atoms with E-state index < -0.39 is 17.2 Å². The van der Waals surface area contributed by atoms with Gasteiger partial charge in [0.2, 0.25) is 11.6 Å². The van der Waals surface area contributed by atoms with Crippen LogP contribution in [0.15, 0.2) is 24.3 Å². The number of nitrogens with zero attached hydrogens (tertiary/aromatic N) is 3. The minimum absolute atomic E-state index is 0.0772. The van der Waals surface area contributed by atoms with E-state index in [1.807, 2.05) is 30.9 Å².